The lowest BCUT2D eigenvalue weighted by atomic mass is 9.79. The molecule has 1 aliphatic heterocycles. The minimum atomic E-state index is -1.32. The van der Waals surface area contributed by atoms with Crippen LogP contribution < -0.4 is 0 Å². The van der Waals surface area contributed by atoms with Crippen molar-refractivity contribution in [3.8, 4) is 0 Å². The molecule has 2 N–H and O–H groups in total. The summed E-state index contributed by atoms with van der Waals surface area (Å²) < 4.78 is 5.24. The van der Waals surface area contributed by atoms with Gasteiger partial charge in [0.05, 0.1) is 0 Å². The zero-order valence-corrected chi connectivity index (χ0v) is 11.5. The molecule has 0 bridgehead atoms. The summed E-state index contributed by atoms with van der Waals surface area (Å²) in [6.45, 7) is 6.36. The molecule has 2 aliphatic rings. The van der Waals surface area contributed by atoms with Gasteiger partial charge >= 0.3 is 12.1 Å². The quantitative estimate of drug-likeness (QED) is 0.802. The smallest absolute Gasteiger partial charge is 0.410 e. The van der Waals surface area contributed by atoms with Crippen LogP contribution in [0.15, 0.2) is 0 Å². The highest BCUT2D eigenvalue weighted by Gasteiger charge is 2.60. The minimum absolute atomic E-state index is 0.0612. The second-order valence-electron chi connectivity index (χ2n) is 6.56. The highest BCUT2D eigenvalue weighted by atomic mass is 16.6. The van der Waals surface area contributed by atoms with Crippen molar-refractivity contribution in [3.63, 3.8) is 0 Å². The first kappa shape index (κ1) is 14.1. The molecule has 0 aromatic rings. The lowest BCUT2D eigenvalue weighted by Crippen LogP contribution is -2.57. The molecular formula is C13H21NO5. The number of hydrogen-bond acceptors (Lipinski definition) is 4. The Morgan fingerprint density at radius 1 is 1.32 bits per heavy atom. The fourth-order valence-electron chi connectivity index (χ4n) is 2.61. The third-order valence-corrected chi connectivity index (χ3v) is 3.95. The van der Waals surface area contributed by atoms with Gasteiger partial charge in [0.2, 0.25) is 0 Å². The average Bonchev–Trinajstić information content (AvgIpc) is 2.92. The standard InChI is InChI=1S/C13H21NO5/c1-12(2,3)19-11(18)14-6-8(7-14)13(4-5-13)9(15)10(16)17/h8-9,15H,4-7H2,1-3H3,(H,16,17). The van der Waals surface area contributed by atoms with Crippen LogP contribution in [0.1, 0.15) is 33.6 Å². The number of ether oxygens (including phenoxy) is 1. The van der Waals surface area contributed by atoms with Crippen molar-refractivity contribution < 1.29 is 24.5 Å². The summed E-state index contributed by atoms with van der Waals surface area (Å²) in [4.78, 5) is 24.2. The van der Waals surface area contributed by atoms with E-state index >= 15 is 0 Å². The summed E-state index contributed by atoms with van der Waals surface area (Å²) >= 11 is 0. The average molecular weight is 271 g/mol. The summed E-state index contributed by atoms with van der Waals surface area (Å²) in [5.74, 6) is -1.11. The topological polar surface area (TPSA) is 87.1 Å². The molecule has 0 radical (unpaired) electrons. The van der Waals surface area contributed by atoms with E-state index in [9.17, 15) is 14.7 Å². The number of nitrogens with zero attached hydrogens (tertiary/aromatic N) is 1. The van der Waals surface area contributed by atoms with Crippen molar-refractivity contribution in [2.75, 3.05) is 13.1 Å². The SMILES string of the molecule is CC(C)(C)OC(=O)N1CC(C2(C(O)C(=O)O)CC2)C1. The molecule has 19 heavy (non-hydrogen) atoms. The van der Waals surface area contributed by atoms with Crippen molar-refractivity contribution in [1.82, 2.24) is 4.90 Å². The van der Waals surface area contributed by atoms with E-state index in [1.807, 2.05) is 0 Å². The van der Waals surface area contributed by atoms with Crippen LogP contribution in [0.2, 0.25) is 0 Å². The fourth-order valence-corrected chi connectivity index (χ4v) is 2.61. The van der Waals surface area contributed by atoms with Crippen molar-refractivity contribution in [1.29, 1.82) is 0 Å². The van der Waals surface area contributed by atoms with Gasteiger partial charge in [0.1, 0.15) is 5.60 Å². The predicted octanol–water partition coefficient (Wildman–Crippen LogP) is 1.08. The molecule has 1 atom stereocenters. The summed E-state index contributed by atoms with van der Waals surface area (Å²) in [7, 11) is 0. The maximum absolute atomic E-state index is 11.8. The fraction of sp³-hybridized carbons (Fsp3) is 0.846. The summed E-state index contributed by atoms with van der Waals surface area (Å²) in [6.07, 6.45) is -0.261. The Morgan fingerprint density at radius 3 is 2.21 bits per heavy atom. The maximum Gasteiger partial charge on any atom is 0.410 e. The van der Waals surface area contributed by atoms with Crippen molar-refractivity contribution >= 4 is 12.1 Å². The van der Waals surface area contributed by atoms with E-state index in [-0.39, 0.29) is 12.0 Å². The van der Waals surface area contributed by atoms with Crippen LogP contribution in [-0.2, 0) is 9.53 Å². The van der Waals surface area contributed by atoms with Gasteiger partial charge in [-0.25, -0.2) is 9.59 Å². The predicted molar refractivity (Wildman–Crippen MR) is 66.6 cm³/mol. The van der Waals surface area contributed by atoms with Gasteiger partial charge < -0.3 is 19.8 Å². The molecule has 108 valence electrons. The Labute approximate surface area is 112 Å². The van der Waals surface area contributed by atoms with Crippen LogP contribution >= 0.6 is 0 Å². The number of carboxylic acid groups (broad SMARTS) is 1. The first-order chi connectivity index (χ1) is 8.66. The van der Waals surface area contributed by atoms with Gasteiger partial charge in [0.15, 0.2) is 6.10 Å². The Hall–Kier alpha value is -1.30. The second kappa shape index (κ2) is 4.37. The molecule has 1 saturated heterocycles. The van der Waals surface area contributed by atoms with Gasteiger partial charge in [-0.2, -0.15) is 0 Å². The maximum atomic E-state index is 11.8. The van der Waals surface area contributed by atoms with E-state index in [0.717, 1.165) is 0 Å². The number of amides is 1. The number of aliphatic hydroxyl groups excluding tert-OH is 1. The van der Waals surface area contributed by atoms with Gasteiger partial charge in [-0.15, -0.1) is 0 Å². The van der Waals surface area contributed by atoms with E-state index < -0.39 is 23.1 Å². The summed E-state index contributed by atoms with van der Waals surface area (Å²) in [5.41, 5.74) is -1.05. The molecule has 6 nitrogen and oxygen atoms in total. The molecule has 1 aliphatic carbocycles. The summed E-state index contributed by atoms with van der Waals surface area (Å²) in [6, 6.07) is 0. The second-order valence-corrected chi connectivity index (χ2v) is 6.56. The molecule has 1 amide bonds. The van der Waals surface area contributed by atoms with Crippen LogP contribution in [-0.4, -0.2) is 52.0 Å². The van der Waals surface area contributed by atoms with Crippen molar-refractivity contribution in [2.45, 2.75) is 45.3 Å². The van der Waals surface area contributed by atoms with Crippen LogP contribution in [0, 0.1) is 11.3 Å². The van der Waals surface area contributed by atoms with Gasteiger partial charge in [-0.05, 0) is 33.6 Å². The van der Waals surface area contributed by atoms with Crippen LogP contribution in [0.4, 0.5) is 4.79 Å². The molecule has 0 aromatic carbocycles. The first-order valence-electron chi connectivity index (χ1n) is 6.54. The van der Waals surface area contributed by atoms with E-state index in [2.05, 4.69) is 0 Å². The molecular weight excluding hydrogens is 250 g/mol. The third kappa shape index (κ3) is 2.68. The molecule has 2 rings (SSSR count). The lowest BCUT2D eigenvalue weighted by Gasteiger charge is -2.44. The Kier molecular flexibility index (Phi) is 3.24. The Morgan fingerprint density at radius 2 is 1.84 bits per heavy atom. The normalized spacial score (nSPS) is 23.5. The van der Waals surface area contributed by atoms with Crippen LogP contribution in [0.25, 0.3) is 0 Å². The molecule has 1 heterocycles. The number of rotatable bonds is 3. The van der Waals surface area contributed by atoms with Gasteiger partial charge in [-0.3, -0.25) is 0 Å². The Balaban J connectivity index is 1.87. The summed E-state index contributed by atoms with van der Waals surface area (Å²) in [5, 5.41) is 18.6. The van der Waals surface area contributed by atoms with Gasteiger partial charge in [0.25, 0.3) is 0 Å². The largest absolute Gasteiger partial charge is 0.479 e. The molecule has 6 heteroatoms. The number of aliphatic hydroxyl groups is 1. The van der Waals surface area contributed by atoms with Gasteiger partial charge in [0, 0.05) is 24.4 Å². The van der Waals surface area contributed by atoms with Crippen LogP contribution in [0.3, 0.4) is 0 Å². The van der Waals surface area contributed by atoms with Crippen LogP contribution in [0.5, 0.6) is 0 Å². The number of carbonyl (C=O) groups is 2. The lowest BCUT2D eigenvalue weighted by molar-refractivity contribution is -0.154. The number of hydrogen-bond donors (Lipinski definition) is 2. The van der Waals surface area contributed by atoms with Gasteiger partial charge in [-0.1, -0.05) is 0 Å². The zero-order chi connectivity index (χ0) is 14.4. The molecule has 0 aromatic heterocycles. The highest BCUT2D eigenvalue weighted by molar-refractivity contribution is 5.74. The monoisotopic (exact) mass is 271 g/mol. The number of likely N-dealkylation sites (tertiary alicyclic amines) is 1. The van der Waals surface area contributed by atoms with Crippen molar-refractivity contribution in [3.05, 3.63) is 0 Å². The van der Waals surface area contributed by atoms with E-state index in [1.165, 1.54) is 0 Å². The third-order valence-electron chi connectivity index (χ3n) is 3.95. The van der Waals surface area contributed by atoms with E-state index in [4.69, 9.17) is 9.84 Å². The molecule has 2 fully saturated rings. The first-order valence-corrected chi connectivity index (χ1v) is 6.54. The number of carboxylic acids is 1. The molecule has 1 saturated carbocycles. The molecule has 0 spiro atoms. The van der Waals surface area contributed by atoms with Crippen molar-refractivity contribution in [2.24, 2.45) is 11.3 Å². The van der Waals surface area contributed by atoms with E-state index in [1.54, 1.807) is 25.7 Å². The highest BCUT2D eigenvalue weighted by Crippen LogP contribution is 2.57. The van der Waals surface area contributed by atoms with E-state index in [0.29, 0.717) is 25.9 Å². The minimum Gasteiger partial charge on any atom is -0.479 e. The molecule has 1 unspecified atom stereocenters. The zero-order valence-electron chi connectivity index (χ0n) is 11.5. The number of aliphatic carboxylic acids is 1. The Bertz CT molecular complexity index is 390. The number of carbonyl (C=O) groups excluding carboxylic acids is 1.